The largest absolute Gasteiger partial charge is 0.484 e. The molecule has 0 saturated carbocycles. The van der Waals surface area contributed by atoms with Crippen LogP contribution in [0, 0.1) is 6.92 Å². The lowest BCUT2D eigenvalue weighted by atomic mass is 10.2. The van der Waals surface area contributed by atoms with Gasteiger partial charge in [-0.25, -0.2) is 8.42 Å². The maximum Gasteiger partial charge on any atom is 0.262 e. The minimum absolute atomic E-state index is 0.127. The molecule has 164 valence electrons. The number of aromatic nitrogens is 2. The van der Waals surface area contributed by atoms with E-state index >= 15 is 0 Å². The van der Waals surface area contributed by atoms with Gasteiger partial charge in [0.2, 0.25) is 21.7 Å². The van der Waals surface area contributed by atoms with E-state index in [-0.39, 0.29) is 11.5 Å². The molecule has 31 heavy (non-hydrogen) atoms. The molecule has 0 aliphatic carbocycles. The number of carbonyl (C=O) groups is 1. The van der Waals surface area contributed by atoms with Gasteiger partial charge in [-0.3, -0.25) is 4.79 Å². The van der Waals surface area contributed by atoms with Crippen LogP contribution in [-0.2, 0) is 14.8 Å². The lowest BCUT2D eigenvalue weighted by Gasteiger charge is -2.18. The Morgan fingerprint density at radius 1 is 1.13 bits per heavy atom. The van der Waals surface area contributed by atoms with Gasteiger partial charge < -0.3 is 14.6 Å². The Labute approximate surface area is 181 Å². The summed E-state index contributed by atoms with van der Waals surface area (Å²) < 4.78 is 37.1. The van der Waals surface area contributed by atoms with Crippen LogP contribution in [-0.4, -0.2) is 48.5 Å². The highest BCUT2D eigenvalue weighted by atomic mass is 32.2. The van der Waals surface area contributed by atoms with Crippen LogP contribution in [0.1, 0.15) is 19.7 Å². The molecule has 1 amide bonds. The van der Waals surface area contributed by atoms with Gasteiger partial charge in [-0.1, -0.05) is 25.1 Å². The Hall–Kier alpha value is -3.24. The third kappa shape index (κ3) is 5.47. The molecule has 0 spiro atoms. The lowest BCUT2D eigenvalue weighted by Crippen LogP contribution is -2.30. The molecule has 1 N–H and O–H groups in total. The van der Waals surface area contributed by atoms with Crippen molar-refractivity contribution in [2.75, 3.05) is 25.0 Å². The first-order chi connectivity index (χ1) is 14.8. The SMILES string of the molecule is CCN(CC)S(=O)(=O)c1cccc(NC(=O)COc2ccc(-c3noc(C)n3)cc2)c1. The second-order valence-corrected chi connectivity index (χ2v) is 8.55. The molecule has 0 unspecified atom stereocenters. The highest BCUT2D eigenvalue weighted by molar-refractivity contribution is 7.89. The maximum atomic E-state index is 12.6. The van der Waals surface area contributed by atoms with Gasteiger partial charge in [0.15, 0.2) is 6.61 Å². The van der Waals surface area contributed by atoms with Crippen molar-refractivity contribution in [2.24, 2.45) is 0 Å². The summed E-state index contributed by atoms with van der Waals surface area (Å²) in [5.74, 6) is 1.04. The number of aryl methyl sites for hydroxylation is 1. The second kappa shape index (κ2) is 9.71. The van der Waals surface area contributed by atoms with E-state index in [9.17, 15) is 13.2 Å². The second-order valence-electron chi connectivity index (χ2n) is 6.62. The molecule has 10 heteroatoms. The number of rotatable bonds is 9. The molecule has 1 aromatic heterocycles. The summed E-state index contributed by atoms with van der Waals surface area (Å²) in [4.78, 5) is 16.5. The first-order valence-electron chi connectivity index (χ1n) is 9.77. The highest BCUT2D eigenvalue weighted by Gasteiger charge is 2.21. The lowest BCUT2D eigenvalue weighted by molar-refractivity contribution is -0.118. The van der Waals surface area contributed by atoms with Crippen molar-refractivity contribution in [1.29, 1.82) is 0 Å². The molecule has 0 saturated heterocycles. The predicted octanol–water partition coefficient (Wildman–Crippen LogP) is 3.09. The van der Waals surface area contributed by atoms with E-state index in [1.807, 2.05) is 0 Å². The van der Waals surface area contributed by atoms with Gasteiger partial charge in [0.25, 0.3) is 5.91 Å². The molecule has 0 fully saturated rings. The molecular formula is C21H24N4O5S. The summed E-state index contributed by atoms with van der Waals surface area (Å²) in [6.07, 6.45) is 0. The number of nitrogens with zero attached hydrogens (tertiary/aromatic N) is 3. The standard InChI is InChI=1S/C21H24N4O5S/c1-4-25(5-2)31(27,28)19-8-6-7-17(13-19)23-20(26)14-29-18-11-9-16(10-12-18)21-22-15(3)30-24-21/h6-13H,4-5,14H2,1-3H3,(H,23,26). The van der Waals surface area contributed by atoms with Crippen LogP contribution < -0.4 is 10.1 Å². The summed E-state index contributed by atoms with van der Waals surface area (Å²) in [5.41, 5.74) is 1.14. The smallest absolute Gasteiger partial charge is 0.262 e. The number of carbonyl (C=O) groups excluding carboxylic acids is 1. The number of hydrogen-bond acceptors (Lipinski definition) is 7. The first-order valence-corrected chi connectivity index (χ1v) is 11.2. The first kappa shape index (κ1) is 22.4. The average molecular weight is 445 g/mol. The van der Waals surface area contributed by atoms with Crippen molar-refractivity contribution in [3.8, 4) is 17.1 Å². The van der Waals surface area contributed by atoms with Crippen molar-refractivity contribution < 1.29 is 22.5 Å². The monoisotopic (exact) mass is 444 g/mol. The fraction of sp³-hybridized carbons (Fsp3) is 0.286. The fourth-order valence-electron chi connectivity index (χ4n) is 2.91. The molecule has 1 heterocycles. The van der Waals surface area contributed by atoms with Gasteiger partial charge >= 0.3 is 0 Å². The van der Waals surface area contributed by atoms with Crippen LogP contribution in [0.25, 0.3) is 11.4 Å². The predicted molar refractivity (Wildman–Crippen MR) is 115 cm³/mol. The van der Waals surface area contributed by atoms with Gasteiger partial charge in [-0.05, 0) is 42.5 Å². The Balaban J connectivity index is 1.60. The number of anilines is 1. The van der Waals surface area contributed by atoms with E-state index in [0.717, 1.165) is 5.56 Å². The normalized spacial score (nSPS) is 11.5. The third-order valence-electron chi connectivity index (χ3n) is 4.47. The van der Waals surface area contributed by atoms with E-state index in [0.29, 0.717) is 36.2 Å². The minimum Gasteiger partial charge on any atom is -0.484 e. The van der Waals surface area contributed by atoms with Crippen LogP contribution in [0.15, 0.2) is 57.9 Å². The van der Waals surface area contributed by atoms with Crippen molar-refractivity contribution in [2.45, 2.75) is 25.7 Å². The van der Waals surface area contributed by atoms with Gasteiger partial charge in [-0.15, -0.1) is 0 Å². The molecular weight excluding hydrogens is 420 g/mol. The summed E-state index contributed by atoms with van der Waals surface area (Å²) in [7, 11) is -3.61. The molecule has 0 radical (unpaired) electrons. The van der Waals surface area contributed by atoms with Gasteiger partial charge in [-0.2, -0.15) is 9.29 Å². The summed E-state index contributed by atoms with van der Waals surface area (Å²) in [6.45, 7) is 5.78. The summed E-state index contributed by atoms with van der Waals surface area (Å²) >= 11 is 0. The zero-order valence-electron chi connectivity index (χ0n) is 17.5. The van der Waals surface area contributed by atoms with E-state index < -0.39 is 15.9 Å². The van der Waals surface area contributed by atoms with Crippen LogP contribution in [0.5, 0.6) is 5.75 Å². The van der Waals surface area contributed by atoms with Crippen LogP contribution in [0.4, 0.5) is 5.69 Å². The Morgan fingerprint density at radius 2 is 1.84 bits per heavy atom. The number of hydrogen-bond donors (Lipinski definition) is 1. The van der Waals surface area contributed by atoms with Gasteiger partial charge in [0.1, 0.15) is 5.75 Å². The van der Waals surface area contributed by atoms with Crippen molar-refractivity contribution in [1.82, 2.24) is 14.4 Å². The third-order valence-corrected chi connectivity index (χ3v) is 6.52. The number of sulfonamides is 1. The maximum absolute atomic E-state index is 12.6. The highest BCUT2D eigenvalue weighted by Crippen LogP contribution is 2.21. The number of nitrogens with one attached hydrogen (secondary N) is 1. The molecule has 3 aromatic rings. The van der Waals surface area contributed by atoms with Crippen LogP contribution in [0.3, 0.4) is 0 Å². The number of amides is 1. The fourth-order valence-corrected chi connectivity index (χ4v) is 4.41. The topological polar surface area (TPSA) is 115 Å². The van der Waals surface area contributed by atoms with Crippen molar-refractivity contribution in [3.63, 3.8) is 0 Å². The van der Waals surface area contributed by atoms with E-state index in [1.54, 1.807) is 57.2 Å². The molecule has 9 nitrogen and oxygen atoms in total. The Morgan fingerprint density at radius 3 is 2.45 bits per heavy atom. The molecule has 2 aromatic carbocycles. The number of benzene rings is 2. The van der Waals surface area contributed by atoms with E-state index in [1.165, 1.54) is 16.4 Å². The molecule has 0 aliphatic rings. The zero-order chi connectivity index (χ0) is 22.4. The average Bonchev–Trinajstić information content (AvgIpc) is 3.20. The van der Waals surface area contributed by atoms with Crippen molar-refractivity contribution >= 4 is 21.6 Å². The van der Waals surface area contributed by atoms with Crippen LogP contribution >= 0.6 is 0 Å². The van der Waals surface area contributed by atoms with Gasteiger partial charge in [0, 0.05) is 31.3 Å². The molecule has 0 aliphatic heterocycles. The Kier molecular flexibility index (Phi) is 7.03. The molecule has 0 bridgehead atoms. The van der Waals surface area contributed by atoms with Crippen molar-refractivity contribution in [3.05, 3.63) is 54.4 Å². The molecule has 3 rings (SSSR count). The quantitative estimate of drug-likeness (QED) is 0.539. The summed E-state index contributed by atoms with van der Waals surface area (Å²) in [5, 5.41) is 6.51. The summed E-state index contributed by atoms with van der Waals surface area (Å²) in [6, 6.07) is 13.1. The van der Waals surface area contributed by atoms with E-state index in [2.05, 4.69) is 15.5 Å². The minimum atomic E-state index is -3.61. The van der Waals surface area contributed by atoms with E-state index in [4.69, 9.17) is 9.26 Å². The van der Waals surface area contributed by atoms with Gasteiger partial charge in [0.05, 0.1) is 4.90 Å². The van der Waals surface area contributed by atoms with Crippen LogP contribution in [0.2, 0.25) is 0 Å². The number of ether oxygens (including phenoxy) is 1. The molecule has 0 atom stereocenters. The Bertz CT molecular complexity index is 1140. The zero-order valence-corrected chi connectivity index (χ0v) is 18.3.